The zero-order chi connectivity index (χ0) is 27.7. The summed E-state index contributed by atoms with van der Waals surface area (Å²) in [6.45, 7) is 4.84. The Balaban J connectivity index is 2.30. The summed E-state index contributed by atoms with van der Waals surface area (Å²) in [5.74, 6) is -2.91. The number of hydrogen-bond acceptors (Lipinski definition) is 7. The molecule has 5 unspecified atom stereocenters. The first kappa shape index (κ1) is 30.1. The molecule has 5 atom stereocenters. The number of aromatic nitrogens is 1. The van der Waals surface area contributed by atoms with Gasteiger partial charge in [-0.15, -0.1) is 0 Å². The van der Waals surface area contributed by atoms with Crippen LogP contribution in [-0.4, -0.2) is 81.2 Å². The molecule has 0 bridgehead atoms. The molecule has 2 aromatic rings. The number of thioether (sulfide) groups is 1. The van der Waals surface area contributed by atoms with Gasteiger partial charge in [0, 0.05) is 23.5 Å². The van der Waals surface area contributed by atoms with E-state index in [0.29, 0.717) is 5.75 Å². The summed E-state index contributed by atoms with van der Waals surface area (Å²) < 4.78 is 0. The van der Waals surface area contributed by atoms with Crippen molar-refractivity contribution in [2.75, 3.05) is 12.0 Å². The summed E-state index contributed by atoms with van der Waals surface area (Å²) in [7, 11) is 0. The lowest BCUT2D eigenvalue weighted by Gasteiger charge is -2.26. The average molecular weight is 536 g/mol. The number of carboxylic acid groups (broad SMARTS) is 1. The third kappa shape index (κ3) is 8.48. The number of aromatic amines is 1. The van der Waals surface area contributed by atoms with Gasteiger partial charge in [-0.25, -0.2) is 4.79 Å². The quantitative estimate of drug-likeness (QED) is 0.181. The third-order valence-electron chi connectivity index (χ3n) is 6.04. The first-order valence-electron chi connectivity index (χ1n) is 12.1. The second kappa shape index (κ2) is 14.0. The molecule has 37 heavy (non-hydrogen) atoms. The molecule has 0 radical (unpaired) electrons. The van der Waals surface area contributed by atoms with Gasteiger partial charge in [0.25, 0.3) is 0 Å². The predicted octanol–water partition coefficient (Wildman–Crippen LogP) is 0.367. The number of nitrogens with one attached hydrogen (secondary N) is 4. The molecule has 0 spiro atoms. The zero-order valence-electron chi connectivity index (χ0n) is 21.5. The van der Waals surface area contributed by atoms with Gasteiger partial charge in [-0.3, -0.25) is 14.4 Å². The highest BCUT2D eigenvalue weighted by Gasteiger charge is 2.32. The number of benzene rings is 1. The van der Waals surface area contributed by atoms with Crippen LogP contribution in [0.15, 0.2) is 30.5 Å². The summed E-state index contributed by atoms with van der Waals surface area (Å²) in [6.07, 6.45) is 2.60. The molecule has 11 nitrogen and oxygen atoms in total. The Bertz CT molecular complexity index is 1090. The minimum atomic E-state index is -1.54. The van der Waals surface area contributed by atoms with Gasteiger partial charge in [0.2, 0.25) is 17.7 Å². The highest BCUT2D eigenvalue weighted by atomic mass is 32.2. The average Bonchev–Trinajstić information content (AvgIpc) is 3.25. The molecule has 0 saturated heterocycles. The number of hydrogen-bond donors (Lipinski definition) is 7. The molecule has 0 fully saturated rings. The van der Waals surface area contributed by atoms with E-state index in [1.807, 2.05) is 30.5 Å². The summed E-state index contributed by atoms with van der Waals surface area (Å²) >= 11 is 1.45. The molecular formula is C25H37N5O6S. The van der Waals surface area contributed by atoms with Gasteiger partial charge in [0.05, 0.1) is 12.1 Å². The fraction of sp³-hybridized carbons (Fsp3) is 0.520. The number of carbonyl (C=O) groups excluding carboxylic acids is 3. The molecule has 8 N–H and O–H groups in total. The number of amides is 3. The largest absolute Gasteiger partial charge is 0.480 e. The Labute approximate surface area is 220 Å². The number of H-pyrrole nitrogens is 1. The number of aliphatic hydroxyl groups is 1. The molecular weight excluding hydrogens is 498 g/mol. The third-order valence-corrected chi connectivity index (χ3v) is 6.69. The Morgan fingerprint density at radius 1 is 1.00 bits per heavy atom. The van der Waals surface area contributed by atoms with Gasteiger partial charge in [-0.2, -0.15) is 11.8 Å². The van der Waals surface area contributed by atoms with Crippen LogP contribution in [0, 0.1) is 5.92 Å². The van der Waals surface area contributed by atoms with Gasteiger partial charge < -0.3 is 36.9 Å². The smallest absolute Gasteiger partial charge is 0.328 e. The monoisotopic (exact) mass is 535 g/mol. The van der Waals surface area contributed by atoms with Gasteiger partial charge in [0.1, 0.15) is 12.1 Å². The summed E-state index contributed by atoms with van der Waals surface area (Å²) in [5.41, 5.74) is 7.67. The first-order chi connectivity index (χ1) is 17.5. The van der Waals surface area contributed by atoms with Crippen LogP contribution >= 0.6 is 11.8 Å². The van der Waals surface area contributed by atoms with Gasteiger partial charge >= 0.3 is 5.97 Å². The molecule has 0 saturated carbocycles. The van der Waals surface area contributed by atoms with E-state index in [4.69, 9.17) is 5.73 Å². The highest BCUT2D eigenvalue weighted by molar-refractivity contribution is 7.98. The summed E-state index contributed by atoms with van der Waals surface area (Å²) in [6, 6.07) is 3.03. The maximum atomic E-state index is 13.4. The van der Waals surface area contributed by atoms with Crippen molar-refractivity contribution in [2.24, 2.45) is 11.7 Å². The molecule has 1 aromatic heterocycles. The second-order valence-corrected chi connectivity index (χ2v) is 10.3. The van der Waals surface area contributed by atoms with Crippen LogP contribution in [0.4, 0.5) is 0 Å². The zero-order valence-corrected chi connectivity index (χ0v) is 22.3. The van der Waals surface area contributed by atoms with Crippen LogP contribution in [0.3, 0.4) is 0 Å². The molecule has 204 valence electrons. The molecule has 0 aliphatic heterocycles. The topological polar surface area (TPSA) is 187 Å². The van der Waals surface area contributed by atoms with Crippen molar-refractivity contribution in [3.05, 3.63) is 36.0 Å². The number of aliphatic carboxylic acids is 1. The fourth-order valence-corrected chi connectivity index (χ4v) is 4.19. The molecule has 0 aliphatic rings. The lowest BCUT2D eigenvalue weighted by Crippen LogP contribution is -2.59. The van der Waals surface area contributed by atoms with E-state index >= 15 is 0 Å². The van der Waals surface area contributed by atoms with E-state index in [0.717, 1.165) is 16.5 Å². The minimum Gasteiger partial charge on any atom is -0.480 e. The highest BCUT2D eigenvalue weighted by Crippen LogP contribution is 2.19. The van der Waals surface area contributed by atoms with Crippen LogP contribution in [0.5, 0.6) is 0 Å². The standard InChI is InChI=1S/C25H37N5O6S/c1-13(2)20(26)24(34)29-19(11-15-12-27-17-8-6-5-7-16(15)17)23(33)28-18(9-10-37-4)22(32)30-21(14(3)31)25(35)36/h5-8,12-14,18-21,27,31H,9-11,26H2,1-4H3,(H,28,33)(H,29,34)(H,30,32)(H,35,36). The molecule has 12 heteroatoms. The van der Waals surface area contributed by atoms with Crippen LogP contribution in [0.25, 0.3) is 10.9 Å². The SMILES string of the molecule is CSCCC(NC(=O)C(Cc1c[nH]c2ccccc12)NC(=O)C(N)C(C)C)C(=O)NC(C(=O)O)C(C)O. The lowest BCUT2D eigenvalue weighted by atomic mass is 10.0. The van der Waals surface area contributed by atoms with Gasteiger partial charge in [0.15, 0.2) is 6.04 Å². The minimum absolute atomic E-state index is 0.134. The van der Waals surface area contributed by atoms with E-state index in [1.165, 1.54) is 18.7 Å². The summed E-state index contributed by atoms with van der Waals surface area (Å²) in [4.78, 5) is 53.7. The van der Waals surface area contributed by atoms with Crippen molar-refractivity contribution in [3.8, 4) is 0 Å². The number of nitrogens with two attached hydrogens (primary N) is 1. The van der Waals surface area contributed by atoms with Crippen LogP contribution < -0.4 is 21.7 Å². The predicted molar refractivity (Wildman–Crippen MR) is 143 cm³/mol. The first-order valence-corrected chi connectivity index (χ1v) is 13.5. The maximum Gasteiger partial charge on any atom is 0.328 e. The number of rotatable bonds is 14. The molecule has 1 heterocycles. The van der Waals surface area contributed by atoms with E-state index in [1.54, 1.807) is 20.0 Å². The van der Waals surface area contributed by atoms with Crippen molar-refractivity contribution in [2.45, 2.75) is 63.9 Å². The van der Waals surface area contributed by atoms with Crippen LogP contribution in [0.2, 0.25) is 0 Å². The number of aliphatic hydroxyl groups excluding tert-OH is 1. The van der Waals surface area contributed by atoms with Crippen LogP contribution in [-0.2, 0) is 25.6 Å². The van der Waals surface area contributed by atoms with E-state index < -0.39 is 54.0 Å². The van der Waals surface area contributed by atoms with Crippen molar-refractivity contribution >= 4 is 46.4 Å². The molecule has 0 aliphatic carbocycles. The van der Waals surface area contributed by atoms with Gasteiger partial charge in [-0.05, 0) is 42.9 Å². The Morgan fingerprint density at radius 3 is 2.22 bits per heavy atom. The number of fused-ring (bicyclic) bond motifs is 1. The van der Waals surface area contributed by atoms with Crippen molar-refractivity contribution in [3.63, 3.8) is 0 Å². The van der Waals surface area contributed by atoms with E-state index in [-0.39, 0.29) is 18.8 Å². The van der Waals surface area contributed by atoms with Crippen LogP contribution in [0.1, 0.15) is 32.8 Å². The maximum absolute atomic E-state index is 13.4. The normalized spacial score (nSPS) is 15.4. The lowest BCUT2D eigenvalue weighted by molar-refractivity contribution is -0.145. The number of para-hydroxylation sites is 1. The van der Waals surface area contributed by atoms with Crippen molar-refractivity contribution < 1.29 is 29.4 Å². The Kier molecular flexibility index (Phi) is 11.4. The second-order valence-electron chi connectivity index (χ2n) is 9.30. The molecule has 1 aromatic carbocycles. The van der Waals surface area contributed by atoms with Gasteiger partial charge in [-0.1, -0.05) is 32.0 Å². The van der Waals surface area contributed by atoms with E-state index in [2.05, 4.69) is 20.9 Å². The number of carboxylic acids is 1. The Hall–Kier alpha value is -3.09. The molecule has 2 rings (SSSR count). The fourth-order valence-electron chi connectivity index (χ4n) is 3.72. The van der Waals surface area contributed by atoms with Crippen molar-refractivity contribution in [1.82, 2.24) is 20.9 Å². The van der Waals surface area contributed by atoms with E-state index in [9.17, 15) is 29.4 Å². The summed E-state index contributed by atoms with van der Waals surface area (Å²) in [5, 5.41) is 27.6. The van der Waals surface area contributed by atoms with Crippen molar-refractivity contribution in [1.29, 1.82) is 0 Å². The number of carbonyl (C=O) groups is 4. The molecule has 3 amide bonds. The Morgan fingerprint density at radius 2 is 1.62 bits per heavy atom.